The second-order valence-electron chi connectivity index (χ2n) is 7.12. The van der Waals surface area contributed by atoms with Crippen LogP contribution in [0.1, 0.15) is 25.0 Å². The lowest BCUT2D eigenvalue weighted by molar-refractivity contribution is -0.143. The topological polar surface area (TPSA) is 254 Å². The van der Waals surface area contributed by atoms with Crippen molar-refractivity contribution in [3.8, 4) is 0 Å². The number of amides is 3. The summed E-state index contributed by atoms with van der Waals surface area (Å²) in [7, 11) is 0. The van der Waals surface area contributed by atoms with Crippen molar-refractivity contribution >= 4 is 48.3 Å². The Kier molecular flexibility index (Phi) is 11.5. The summed E-state index contributed by atoms with van der Waals surface area (Å²) >= 11 is 3.94. The van der Waals surface area contributed by atoms with Crippen molar-refractivity contribution in [1.29, 1.82) is 0 Å². The van der Waals surface area contributed by atoms with E-state index in [0.717, 1.165) is 0 Å². The molecule has 9 N–H and O–H groups in total. The number of rotatable bonds is 15. The van der Waals surface area contributed by atoms with E-state index < -0.39 is 66.2 Å². The molecule has 0 radical (unpaired) electrons. The summed E-state index contributed by atoms with van der Waals surface area (Å²) in [5, 5.41) is 33.7. The molecule has 0 saturated carbocycles. The van der Waals surface area contributed by atoms with Gasteiger partial charge in [-0.15, -0.1) is 0 Å². The average Bonchev–Trinajstić information content (AvgIpc) is 3.27. The number of aliphatic carboxylic acids is 3. The van der Waals surface area contributed by atoms with E-state index >= 15 is 0 Å². The summed E-state index contributed by atoms with van der Waals surface area (Å²) in [5.41, 5.74) is 5.98. The molecule has 0 saturated heterocycles. The Morgan fingerprint density at radius 1 is 0.941 bits per heavy atom. The number of nitrogens with two attached hydrogens (primary N) is 1. The van der Waals surface area contributed by atoms with Gasteiger partial charge >= 0.3 is 17.9 Å². The van der Waals surface area contributed by atoms with Gasteiger partial charge in [0, 0.05) is 30.5 Å². The first-order valence-corrected chi connectivity index (χ1v) is 10.5. The molecule has 15 nitrogen and oxygen atoms in total. The molecule has 188 valence electrons. The number of carbonyl (C=O) groups excluding carboxylic acids is 3. The van der Waals surface area contributed by atoms with E-state index in [0.29, 0.717) is 5.69 Å². The second-order valence-corrected chi connectivity index (χ2v) is 7.49. The van der Waals surface area contributed by atoms with Crippen LogP contribution < -0.4 is 21.7 Å². The number of thiol groups is 1. The van der Waals surface area contributed by atoms with Gasteiger partial charge in [0.15, 0.2) is 0 Å². The van der Waals surface area contributed by atoms with Gasteiger partial charge in [0.1, 0.15) is 18.1 Å². The molecule has 16 heteroatoms. The largest absolute Gasteiger partial charge is 0.481 e. The number of aromatic amines is 1. The molecule has 0 spiro atoms. The molecule has 0 bridgehead atoms. The van der Waals surface area contributed by atoms with Gasteiger partial charge in [0.05, 0.1) is 18.8 Å². The minimum absolute atomic E-state index is 0.182. The third kappa shape index (κ3) is 9.86. The molecule has 1 aromatic rings. The molecule has 34 heavy (non-hydrogen) atoms. The summed E-state index contributed by atoms with van der Waals surface area (Å²) in [6.45, 7) is 0. The van der Waals surface area contributed by atoms with Gasteiger partial charge in [-0.05, 0) is 6.42 Å². The molecule has 0 aliphatic carbocycles. The molecular weight excluding hydrogens is 476 g/mol. The van der Waals surface area contributed by atoms with Gasteiger partial charge in [-0.2, -0.15) is 12.6 Å². The first kappa shape index (κ1) is 28.4. The number of carboxylic acids is 3. The van der Waals surface area contributed by atoms with Crippen LogP contribution in [0.5, 0.6) is 0 Å². The van der Waals surface area contributed by atoms with Crippen molar-refractivity contribution in [2.45, 2.75) is 49.9 Å². The van der Waals surface area contributed by atoms with Crippen LogP contribution in [0.2, 0.25) is 0 Å². The van der Waals surface area contributed by atoms with Crippen LogP contribution in [0.4, 0.5) is 0 Å². The summed E-state index contributed by atoms with van der Waals surface area (Å²) in [6, 6.07) is -5.69. The molecule has 4 atom stereocenters. The third-order valence-electron chi connectivity index (χ3n) is 4.43. The van der Waals surface area contributed by atoms with Gasteiger partial charge in [0.25, 0.3) is 0 Å². The molecule has 1 heterocycles. The SMILES string of the molecule is NC(CCC(=O)O)C(=O)NC(CS)C(=O)NC(CC(=O)O)C(=O)NC(Cc1cnc[nH]1)C(=O)O. The lowest BCUT2D eigenvalue weighted by Crippen LogP contribution is -2.58. The molecule has 4 unspecified atom stereocenters. The number of carbonyl (C=O) groups is 6. The van der Waals surface area contributed by atoms with Gasteiger partial charge in [0.2, 0.25) is 17.7 Å². The van der Waals surface area contributed by atoms with Crippen LogP contribution in [-0.2, 0) is 35.2 Å². The number of H-pyrrole nitrogens is 1. The number of carboxylic acid groups (broad SMARTS) is 3. The van der Waals surface area contributed by atoms with E-state index in [1.165, 1.54) is 12.5 Å². The minimum Gasteiger partial charge on any atom is -0.481 e. The van der Waals surface area contributed by atoms with Gasteiger partial charge in [-0.3, -0.25) is 24.0 Å². The van der Waals surface area contributed by atoms with Gasteiger partial charge < -0.3 is 42.0 Å². The highest BCUT2D eigenvalue weighted by Gasteiger charge is 2.31. The number of nitrogens with one attached hydrogen (secondary N) is 4. The average molecular weight is 503 g/mol. The highest BCUT2D eigenvalue weighted by molar-refractivity contribution is 7.80. The van der Waals surface area contributed by atoms with Crippen molar-refractivity contribution in [3.05, 3.63) is 18.2 Å². The van der Waals surface area contributed by atoms with Gasteiger partial charge in [-0.1, -0.05) is 0 Å². The fourth-order valence-electron chi connectivity index (χ4n) is 2.63. The van der Waals surface area contributed by atoms with E-state index in [-0.39, 0.29) is 25.0 Å². The molecular formula is C18H26N6O9S. The smallest absolute Gasteiger partial charge is 0.326 e. The van der Waals surface area contributed by atoms with Crippen LogP contribution >= 0.6 is 12.6 Å². The molecule has 1 rings (SSSR count). The maximum atomic E-state index is 12.6. The molecule has 0 aromatic carbocycles. The van der Waals surface area contributed by atoms with Crippen LogP contribution in [-0.4, -0.2) is 90.8 Å². The zero-order valence-electron chi connectivity index (χ0n) is 17.8. The Balaban J connectivity index is 2.85. The number of hydrogen-bond acceptors (Lipinski definition) is 9. The molecule has 3 amide bonds. The highest BCUT2D eigenvalue weighted by Crippen LogP contribution is 2.03. The van der Waals surface area contributed by atoms with E-state index in [9.17, 15) is 33.9 Å². The molecule has 0 aliphatic rings. The summed E-state index contributed by atoms with van der Waals surface area (Å²) in [5.74, 6) is -7.19. The normalized spacial score (nSPS) is 14.2. The maximum Gasteiger partial charge on any atom is 0.326 e. The van der Waals surface area contributed by atoms with E-state index in [4.69, 9.17) is 15.9 Å². The lowest BCUT2D eigenvalue weighted by Gasteiger charge is -2.23. The number of aromatic nitrogens is 2. The molecule has 0 fully saturated rings. The van der Waals surface area contributed by atoms with Crippen LogP contribution in [0.3, 0.4) is 0 Å². The second kappa shape index (κ2) is 13.8. The zero-order chi connectivity index (χ0) is 25.8. The fraction of sp³-hybridized carbons (Fsp3) is 0.500. The van der Waals surface area contributed by atoms with Crippen LogP contribution in [0.15, 0.2) is 12.5 Å². The van der Waals surface area contributed by atoms with Crippen LogP contribution in [0.25, 0.3) is 0 Å². The first-order valence-electron chi connectivity index (χ1n) is 9.85. The number of imidazole rings is 1. The summed E-state index contributed by atoms with van der Waals surface area (Å²) in [6.07, 6.45) is 1.02. The summed E-state index contributed by atoms with van der Waals surface area (Å²) < 4.78 is 0. The first-order chi connectivity index (χ1) is 15.9. The van der Waals surface area contributed by atoms with Crippen molar-refractivity contribution in [1.82, 2.24) is 25.9 Å². The maximum absolute atomic E-state index is 12.6. The third-order valence-corrected chi connectivity index (χ3v) is 4.79. The Morgan fingerprint density at radius 3 is 2.03 bits per heavy atom. The Bertz CT molecular complexity index is 894. The number of hydrogen-bond donors (Lipinski definition) is 9. The lowest BCUT2D eigenvalue weighted by atomic mass is 10.1. The van der Waals surface area contributed by atoms with Crippen molar-refractivity contribution in [2.24, 2.45) is 5.73 Å². The fourth-order valence-corrected chi connectivity index (χ4v) is 2.88. The van der Waals surface area contributed by atoms with E-state index in [2.05, 4.69) is 38.5 Å². The minimum atomic E-state index is -1.67. The molecule has 1 aromatic heterocycles. The monoisotopic (exact) mass is 502 g/mol. The predicted molar refractivity (Wildman–Crippen MR) is 117 cm³/mol. The Hall–Kier alpha value is -3.66. The van der Waals surface area contributed by atoms with Crippen molar-refractivity contribution < 1.29 is 44.1 Å². The Morgan fingerprint density at radius 2 is 1.53 bits per heavy atom. The standard InChI is InChI=1S/C18H26N6O9S/c19-9(1-2-13(25)26)15(29)24-12(6-34)17(31)22-10(4-14(27)28)16(30)23-11(18(32)33)3-8-5-20-7-21-8/h5,7,9-12,34H,1-4,6,19H2,(H,20,21)(H,22,31)(H,23,30)(H,24,29)(H,25,26)(H,27,28)(H,32,33). The van der Waals surface area contributed by atoms with Gasteiger partial charge in [-0.25, -0.2) is 9.78 Å². The highest BCUT2D eigenvalue weighted by atomic mass is 32.1. The molecule has 0 aliphatic heterocycles. The van der Waals surface area contributed by atoms with E-state index in [1.54, 1.807) is 0 Å². The quantitative estimate of drug-likeness (QED) is 0.110. The zero-order valence-corrected chi connectivity index (χ0v) is 18.7. The Labute approximate surface area is 198 Å². The van der Waals surface area contributed by atoms with Crippen molar-refractivity contribution in [3.63, 3.8) is 0 Å². The van der Waals surface area contributed by atoms with Crippen molar-refractivity contribution in [2.75, 3.05) is 5.75 Å². The van der Waals surface area contributed by atoms with Crippen LogP contribution in [0, 0.1) is 0 Å². The van der Waals surface area contributed by atoms with E-state index in [1.807, 2.05) is 0 Å². The number of nitrogens with zero attached hydrogens (tertiary/aromatic N) is 1. The summed E-state index contributed by atoms with van der Waals surface area (Å²) in [4.78, 5) is 77.0. The predicted octanol–water partition coefficient (Wildman–Crippen LogP) is -2.91.